The number of hydrogen-bond donors (Lipinski definition) is 3. The molecule has 0 aliphatic heterocycles. The molecule has 1 aromatic heterocycles. The monoisotopic (exact) mass is 496 g/mol. The number of anilines is 2. The Morgan fingerprint density at radius 1 is 1.09 bits per heavy atom. The van der Waals surface area contributed by atoms with Crippen LogP contribution in [0.15, 0.2) is 67.0 Å². The highest BCUT2D eigenvalue weighted by atomic mass is 35.5. The Bertz CT molecular complexity index is 1190. The molecule has 0 bridgehead atoms. The third-order valence-corrected chi connectivity index (χ3v) is 5.19. The van der Waals surface area contributed by atoms with Crippen LogP contribution in [0.3, 0.4) is 0 Å². The van der Waals surface area contributed by atoms with Crippen LogP contribution in [0.5, 0.6) is 5.75 Å². The van der Waals surface area contributed by atoms with Gasteiger partial charge in [-0.1, -0.05) is 23.7 Å². The van der Waals surface area contributed by atoms with Crippen molar-refractivity contribution in [3.05, 3.63) is 83.1 Å². The molecule has 0 fully saturated rings. The molecule has 0 unspecified atom stereocenters. The highest BCUT2D eigenvalue weighted by Crippen LogP contribution is 2.27. The van der Waals surface area contributed by atoms with Crippen LogP contribution in [-0.4, -0.2) is 47.6 Å². The lowest BCUT2D eigenvalue weighted by atomic mass is 10.1. The standard InChI is InChI=1S/C25H25ClN4O5/c26-18-14-17(15-20(16-18)35-13-11-29-19-7-9-28-10-8-19)25(34)30(12-3-6-23(31)32)22-5-2-1-4-21(22)24(27)33/h1-2,4-5,7-10,14-16H,3,6,11-13H2,(H2,27,33)(H,28,29)(H,31,32). The quantitative estimate of drug-likeness (QED) is 0.324. The molecule has 0 aliphatic rings. The number of benzene rings is 2. The van der Waals surface area contributed by atoms with Gasteiger partial charge in [-0.2, -0.15) is 0 Å². The molecular formula is C25H25ClN4O5. The van der Waals surface area contributed by atoms with Crippen LogP contribution < -0.4 is 20.7 Å². The fraction of sp³-hybridized carbons (Fsp3) is 0.200. The number of pyridine rings is 1. The first kappa shape index (κ1) is 25.5. The molecular weight excluding hydrogens is 472 g/mol. The normalized spacial score (nSPS) is 10.4. The zero-order valence-corrected chi connectivity index (χ0v) is 19.6. The second kappa shape index (κ2) is 12.4. The third kappa shape index (κ3) is 7.44. The topological polar surface area (TPSA) is 135 Å². The third-order valence-electron chi connectivity index (χ3n) is 4.98. The van der Waals surface area contributed by atoms with Gasteiger partial charge in [0.05, 0.1) is 11.3 Å². The molecule has 0 saturated heterocycles. The Morgan fingerprint density at radius 3 is 2.54 bits per heavy atom. The molecule has 0 aliphatic carbocycles. The van der Waals surface area contributed by atoms with Crippen molar-refractivity contribution in [2.45, 2.75) is 12.8 Å². The van der Waals surface area contributed by atoms with Gasteiger partial charge in [0.2, 0.25) is 0 Å². The average Bonchev–Trinajstić information content (AvgIpc) is 2.84. The number of halogens is 1. The summed E-state index contributed by atoms with van der Waals surface area (Å²) < 4.78 is 5.77. The summed E-state index contributed by atoms with van der Waals surface area (Å²) in [6.07, 6.45) is 3.39. The Kier molecular flexibility index (Phi) is 9.02. The molecule has 0 radical (unpaired) electrons. The molecule has 182 valence electrons. The Labute approximate surface area is 207 Å². The lowest BCUT2D eigenvalue weighted by Crippen LogP contribution is -2.34. The molecule has 3 aromatic rings. The number of hydrogen-bond acceptors (Lipinski definition) is 6. The molecule has 9 nitrogen and oxygen atoms in total. The van der Waals surface area contributed by atoms with E-state index in [4.69, 9.17) is 27.2 Å². The molecule has 0 spiro atoms. The van der Waals surface area contributed by atoms with Gasteiger partial charge in [0, 0.05) is 48.2 Å². The van der Waals surface area contributed by atoms with Gasteiger partial charge >= 0.3 is 5.97 Å². The highest BCUT2D eigenvalue weighted by molar-refractivity contribution is 6.31. The lowest BCUT2D eigenvalue weighted by molar-refractivity contribution is -0.137. The van der Waals surface area contributed by atoms with E-state index < -0.39 is 17.8 Å². The number of carbonyl (C=O) groups is 3. The van der Waals surface area contributed by atoms with E-state index in [1.807, 2.05) is 12.1 Å². The minimum absolute atomic E-state index is 0.0635. The minimum atomic E-state index is -0.987. The Morgan fingerprint density at radius 2 is 1.83 bits per heavy atom. The molecule has 0 saturated carbocycles. The fourth-order valence-electron chi connectivity index (χ4n) is 3.40. The predicted octanol–water partition coefficient (Wildman–Crippen LogP) is 3.84. The van der Waals surface area contributed by atoms with Crippen LogP contribution >= 0.6 is 11.6 Å². The van der Waals surface area contributed by atoms with E-state index in [1.165, 1.54) is 17.0 Å². The molecule has 4 N–H and O–H groups in total. The molecule has 0 atom stereocenters. The van der Waals surface area contributed by atoms with E-state index in [2.05, 4.69) is 10.3 Å². The predicted molar refractivity (Wildman–Crippen MR) is 133 cm³/mol. The summed E-state index contributed by atoms with van der Waals surface area (Å²) in [5.41, 5.74) is 7.07. The first-order chi connectivity index (χ1) is 16.8. The second-order valence-electron chi connectivity index (χ2n) is 7.52. The number of carboxylic acids is 1. The summed E-state index contributed by atoms with van der Waals surface area (Å²) in [7, 11) is 0. The first-order valence-corrected chi connectivity index (χ1v) is 11.2. The summed E-state index contributed by atoms with van der Waals surface area (Å²) in [5.74, 6) is -1.76. The number of carbonyl (C=O) groups excluding carboxylic acids is 2. The number of para-hydroxylation sites is 1. The maximum absolute atomic E-state index is 13.5. The lowest BCUT2D eigenvalue weighted by Gasteiger charge is -2.25. The van der Waals surface area contributed by atoms with Crippen LogP contribution in [0.25, 0.3) is 0 Å². The van der Waals surface area contributed by atoms with Crippen LogP contribution in [0.1, 0.15) is 33.6 Å². The summed E-state index contributed by atoms with van der Waals surface area (Å²) in [4.78, 5) is 41.8. The van der Waals surface area contributed by atoms with Crippen molar-refractivity contribution < 1.29 is 24.2 Å². The van der Waals surface area contributed by atoms with Gasteiger partial charge in [-0.15, -0.1) is 0 Å². The first-order valence-electron chi connectivity index (χ1n) is 10.8. The van der Waals surface area contributed by atoms with E-state index in [9.17, 15) is 14.4 Å². The number of primary amides is 1. The summed E-state index contributed by atoms with van der Waals surface area (Å²) >= 11 is 6.26. The van der Waals surface area contributed by atoms with Crippen molar-refractivity contribution >= 4 is 40.8 Å². The SMILES string of the molecule is NC(=O)c1ccccc1N(CCCC(=O)O)C(=O)c1cc(Cl)cc(OCCNc2ccncc2)c1. The van der Waals surface area contributed by atoms with Gasteiger partial charge in [0.25, 0.3) is 11.8 Å². The maximum Gasteiger partial charge on any atom is 0.303 e. The largest absolute Gasteiger partial charge is 0.492 e. The molecule has 2 aromatic carbocycles. The van der Waals surface area contributed by atoms with Crippen molar-refractivity contribution in [3.8, 4) is 5.75 Å². The number of carboxylic acid groups (broad SMARTS) is 1. The van der Waals surface area contributed by atoms with Crippen LogP contribution in [0.4, 0.5) is 11.4 Å². The second-order valence-corrected chi connectivity index (χ2v) is 7.96. The summed E-state index contributed by atoms with van der Waals surface area (Å²) in [5, 5.41) is 12.5. The molecule has 2 amide bonds. The smallest absolute Gasteiger partial charge is 0.303 e. The van der Waals surface area contributed by atoms with Crippen molar-refractivity contribution in [3.63, 3.8) is 0 Å². The molecule has 3 rings (SSSR count). The minimum Gasteiger partial charge on any atom is -0.492 e. The number of rotatable bonds is 12. The molecule has 1 heterocycles. The number of aliphatic carboxylic acids is 1. The van der Waals surface area contributed by atoms with Crippen LogP contribution in [-0.2, 0) is 4.79 Å². The highest BCUT2D eigenvalue weighted by Gasteiger charge is 2.23. The number of ether oxygens (including phenoxy) is 1. The number of nitrogens with two attached hydrogens (primary N) is 1. The van der Waals surface area contributed by atoms with E-state index in [1.54, 1.807) is 42.7 Å². The maximum atomic E-state index is 13.5. The van der Waals surface area contributed by atoms with Crippen molar-refractivity contribution in [2.24, 2.45) is 5.73 Å². The van der Waals surface area contributed by atoms with Gasteiger partial charge < -0.3 is 25.8 Å². The van der Waals surface area contributed by atoms with E-state index >= 15 is 0 Å². The number of amides is 2. The number of nitrogens with zero attached hydrogens (tertiary/aromatic N) is 2. The van der Waals surface area contributed by atoms with E-state index in [0.717, 1.165) is 5.69 Å². The number of aromatic nitrogens is 1. The van der Waals surface area contributed by atoms with E-state index in [-0.39, 0.29) is 30.5 Å². The number of nitrogens with one attached hydrogen (secondary N) is 1. The Balaban J connectivity index is 1.79. The van der Waals surface area contributed by atoms with Crippen LogP contribution in [0, 0.1) is 0 Å². The fourth-order valence-corrected chi connectivity index (χ4v) is 3.62. The van der Waals surface area contributed by atoms with E-state index in [0.29, 0.717) is 29.6 Å². The van der Waals surface area contributed by atoms with Crippen molar-refractivity contribution in [1.82, 2.24) is 4.98 Å². The Hall–Kier alpha value is -4.11. The van der Waals surface area contributed by atoms with Gasteiger partial charge in [-0.25, -0.2) is 0 Å². The van der Waals surface area contributed by atoms with Gasteiger partial charge in [-0.3, -0.25) is 19.4 Å². The zero-order valence-electron chi connectivity index (χ0n) is 18.8. The van der Waals surface area contributed by atoms with Gasteiger partial charge in [0.1, 0.15) is 12.4 Å². The van der Waals surface area contributed by atoms with Crippen molar-refractivity contribution in [1.29, 1.82) is 0 Å². The van der Waals surface area contributed by atoms with Crippen molar-refractivity contribution in [2.75, 3.05) is 29.9 Å². The van der Waals surface area contributed by atoms with Gasteiger partial charge in [0.15, 0.2) is 0 Å². The summed E-state index contributed by atoms with van der Waals surface area (Å²) in [6, 6.07) is 14.7. The molecule has 35 heavy (non-hydrogen) atoms. The molecule has 10 heteroatoms. The average molecular weight is 497 g/mol. The van der Waals surface area contributed by atoms with Gasteiger partial charge in [-0.05, 0) is 48.9 Å². The van der Waals surface area contributed by atoms with Crippen LogP contribution in [0.2, 0.25) is 5.02 Å². The summed E-state index contributed by atoms with van der Waals surface area (Å²) in [6.45, 7) is 0.879. The zero-order chi connectivity index (χ0) is 25.2.